The van der Waals surface area contributed by atoms with E-state index in [1.165, 1.54) is 6.21 Å². The average Bonchev–Trinajstić information content (AvgIpc) is 3.01. The number of rotatable bonds is 7. The lowest BCUT2D eigenvalue weighted by Gasteiger charge is -2.46. The Bertz CT molecular complexity index is 1000. The quantitative estimate of drug-likeness (QED) is 0.318. The molecule has 5 heterocycles. The summed E-state index contributed by atoms with van der Waals surface area (Å²) in [5, 5.41) is 9.69. The molecule has 13 heteroatoms. The maximum absolute atomic E-state index is 15.6. The number of amides is 2. The number of piperazine rings is 1. The maximum atomic E-state index is 15.6. The molecule has 5 rings (SSSR count). The number of hydrogen-bond donors (Lipinski definition) is 4. The molecule has 0 aromatic heterocycles. The summed E-state index contributed by atoms with van der Waals surface area (Å²) in [6.45, 7) is 12.7. The number of aliphatic imine (C=N–C) groups is 1. The summed E-state index contributed by atoms with van der Waals surface area (Å²) in [5.74, 6) is -0.637. The molecule has 5 aliphatic rings. The minimum atomic E-state index is -1.18. The van der Waals surface area contributed by atoms with E-state index in [-0.39, 0.29) is 36.2 Å². The van der Waals surface area contributed by atoms with E-state index >= 15 is 4.39 Å². The van der Waals surface area contributed by atoms with Gasteiger partial charge in [-0.15, -0.1) is 0 Å². The van der Waals surface area contributed by atoms with Crippen molar-refractivity contribution in [3.63, 3.8) is 0 Å². The van der Waals surface area contributed by atoms with Crippen LogP contribution in [0.4, 0.5) is 8.78 Å². The molecule has 0 aliphatic carbocycles. The molecular weight excluding hydrogens is 582 g/mol. The number of carbonyl (C=O) groups is 2. The molecule has 4 saturated heterocycles. The highest BCUT2D eigenvalue weighted by molar-refractivity contribution is 5.81. The predicted octanol–water partition coefficient (Wildman–Crippen LogP) is 0.533. The summed E-state index contributed by atoms with van der Waals surface area (Å²) in [6.07, 6.45) is 1.49. The number of piperidine rings is 2. The zero-order chi connectivity index (χ0) is 32.1. The topological polar surface area (TPSA) is 128 Å². The van der Waals surface area contributed by atoms with E-state index in [9.17, 15) is 14.0 Å². The Labute approximate surface area is 267 Å². The van der Waals surface area contributed by atoms with Crippen molar-refractivity contribution in [1.82, 2.24) is 30.7 Å². The molecular formula is C32H56F2N8O3. The van der Waals surface area contributed by atoms with Gasteiger partial charge in [-0.2, -0.15) is 0 Å². The van der Waals surface area contributed by atoms with Crippen LogP contribution in [0.3, 0.4) is 0 Å². The zero-order valence-corrected chi connectivity index (χ0v) is 27.4. The number of carbonyl (C=O) groups excluding carboxylic acids is 2. The van der Waals surface area contributed by atoms with Crippen LogP contribution in [0.2, 0.25) is 0 Å². The Morgan fingerprint density at radius 3 is 2.40 bits per heavy atom. The second-order valence-electron chi connectivity index (χ2n) is 14.0. The molecule has 9 atom stereocenters. The van der Waals surface area contributed by atoms with Crippen LogP contribution in [0.5, 0.6) is 0 Å². The average molecular weight is 639 g/mol. The fraction of sp³-hybridized carbons (Fsp3) is 0.906. The molecule has 9 unspecified atom stereocenters. The minimum absolute atomic E-state index is 0.0261. The van der Waals surface area contributed by atoms with Gasteiger partial charge in [-0.05, 0) is 51.6 Å². The molecule has 0 bridgehead atoms. The highest BCUT2D eigenvalue weighted by Crippen LogP contribution is 2.27. The van der Waals surface area contributed by atoms with Crippen molar-refractivity contribution in [2.45, 2.75) is 102 Å². The number of halogens is 2. The molecule has 0 aromatic rings. The maximum Gasteiger partial charge on any atom is 0.228 e. The van der Waals surface area contributed by atoms with Crippen LogP contribution < -0.4 is 21.7 Å². The first kappa shape index (κ1) is 34.6. The van der Waals surface area contributed by atoms with Gasteiger partial charge in [-0.3, -0.25) is 29.7 Å². The smallest absolute Gasteiger partial charge is 0.228 e. The number of likely N-dealkylation sites (tertiary alicyclic amines) is 1. The largest absolute Gasteiger partial charge is 0.378 e. The van der Waals surface area contributed by atoms with Crippen molar-refractivity contribution >= 4 is 18.0 Å². The van der Waals surface area contributed by atoms with Crippen LogP contribution in [-0.2, 0) is 14.3 Å². The Balaban J connectivity index is 1.19. The zero-order valence-electron chi connectivity index (χ0n) is 27.4. The third-order valence-corrected chi connectivity index (χ3v) is 11.1. The lowest BCUT2D eigenvalue weighted by Crippen LogP contribution is -2.67. The normalized spacial score (nSPS) is 37.5. The van der Waals surface area contributed by atoms with Gasteiger partial charge in [0.05, 0.1) is 49.5 Å². The van der Waals surface area contributed by atoms with Crippen LogP contribution in [0, 0.1) is 17.8 Å². The fourth-order valence-electron chi connectivity index (χ4n) is 7.80. The molecule has 2 amide bonds. The van der Waals surface area contributed by atoms with Gasteiger partial charge in [0.15, 0.2) is 0 Å². The summed E-state index contributed by atoms with van der Waals surface area (Å²) in [5.41, 5.74) is 6.64. The van der Waals surface area contributed by atoms with E-state index in [2.05, 4.69) is 44.6 Å². The highest BCUT2D eigenvalue weighted by Gasteiger charge is 2.43. The molecule has 0 saturated carbocycles. The summed E-state index contributed by atoms with van der Waals surface area (Å²) in [6, 6.07) is -1.07. The third kappa shape index (κ3) is 8.39. The van der Waals surface area contributed by atoms with Crippen molar-refractivity contribution in [3.8, 4) is 0 Å². The van der Waals surface area contributed by atoms with E-state index in [4.69, 9.17) is 10.5 Å². The minimum Gasteiger partial charge on any atom is -0.378 e. The fourth-order valence-corrected chi connectivity index (χ4v) is 7.80. The molecule has 11 nitrogen and oxygen atoms in total. The molecule has 0 radical (unpaired) electrons. The van der Waals surface area contributed by atoms with E-state index in [1.807, 2.05) is 4.90 Å². The lowest BCUT2D eigenvalue weighted by molar-refractivity contribution is -0.141. The first-order valence-electron chi connectivity index (χ1n) is 17.3. The van der Waals surface area contributed by atoms with Crippen LogP contribution in [0.1, 0.15) is 52.9 Å². The number of ether oxygens (including phenoxy) is 1. The summed E-state index contributed by atoms with van der Waals surface area (Å²) in [7, 11) is 0. The van der Waals surface area contributed by atoms with Crippen molar-refractivity contribution in [2.75, 3.05) is 65.6 Å². The number of nitrogens with zero attached hydrogens (tertiary/aromatic N) is 4. The predicted molar refractivity (Wildman–Crippen MR) is 170 cm³/mol. The number of hydrogen-bond acceptors (Lipinski definition) is 9. The van der Waals surface area contributed by atoms with Gasteiger partial charge in [0, 0.05) is 57.4 Å². The molecule has 4 fully saturated rings. The van der Waals surface area contributed by atoms with Crippen molar-refractivity contribution in [3.05, 3.63) is 0 Å². The second kappa shape index (κ2) is 15.9. The standard InChI is InChI=1S/C32H56F2N8O3/c1-4-20(2)26-6-5-23(33)15-37-21(3)28(30(35)38-26)31(43)39-27-17-36-16-25(34)29(27)41-9-7-22(8-10-41)32(44)42-13-11-40(12-14-42)24-18-45-19-24/h15,20-30,36,38H,4-14,16-19,35H2,1-3H3,(H,39,43). The molecule has 45 heavy (non-hydrogen) atoms. The molecule has 0 spiro atoms. The van der Waals surface area contributed by atoms with Crippen LogP contribution in [0.15, 0.2) is 4.99 Å². The first-order valence-corrected chi connectivity index (χ1v) is 17.3. The molecule has 256 valence electrons. The number of alkyl halides is 2. The Morgan fingerprint density at radius 2 is 1.76 bits per heavy atom. The van der Waals surface area contributed by atoms with Crippen molar-refractivity contribution in [2.24, 2.45) is 28.5 Å². The first-order chi connectivity index (χ1) is 21.7. The van der Waals surface area contributed by atoms with Crippen molar-refractivity contribution in [1.29, 1.82) is 0 Å². The lowest BCUT2D eigenvalue weighted by atomic mass is 9.88. The molecule has 5 aliphatic heterocycles. The van der Waals surface area contributed by atoms with Crippen LogP contribution >= 0.6 is 0 Å². The third-order valence-electron chi connectivity index (χ3n) is 11.1. The van der Waals surface area contributed by atoms with E-state index in [0.717, 1.165) is 45.8 Å². The Kier molecular flexibility index (Phi) is 12.2. The van der Waals surface area contributed by atoms with Gasteiger partial charge in [-0.25, -0.2) is 8.78 Å². The van der Waals surface area contributed by atoms with Crippen molar-refractivity contribution < 1.29 is 23.1 Å². The van der Waals surface area contributed by atoms with Crippen LogP contribution in [0.25, 0.3) is 0 Å². The Morgan fingerprint density at radius 1 is 1.04 bits per heavy atom. The number of nitrogens with one attached hydrogen (secondary N) is 3. The highest BCUT2D eigenvalue weighted by atomic mass is 19.1. The Hall–Kier alpha value is -1.77. The van der Waals surface area contributed by atoms with Gasteiger partial charge in [-0.1, -0.05) is 20.3 Å². The van der Waals surface area contributed by atoms with E-state index in [0.29, 0.717) is 51.4 Å². The second-order valence-corrected chi connectivity index (χ2v) is 14.0. The monoisotopic (exact) mass is 638 g/mol. The summed E-state index contributed by atoms with van der Waals surface area (Å²) < 4.78 is 35.5. The SMILES string of the molecule is CCC(C)C1CCC(F)C=NC(C)C(C(=O)NC2CNCC(F)C2N2CCC(C(=O)N3CCN(C4COC4)CC3)CC2)C(N)N1. The summed E-state index contributed by atoms with van der Waals surface area (Å²) >= 11 is 0. The van der Waals surface area contributed by atoms with E-state index in [1.54, 1.807) is 6.92 Å². The van der Waals surface area contributed by atoms with E-state index < -0.39 is 42.6 Å². The van der Waals surface area contributed by atoms with Crippen LogP contribution in [-0.4, -0.2) is 147 Å². The number of nitrogens with two attached hydrogens (primary N) is 1. The van der Waals surface area contributed by atoms with Gasteiger partial charge in [0.1, 0.15) is 12.3 Å². The van der Waals surface area contributed by atoms with Gasteiger partial charge < -0.3 is 26.0 Å². The van der Waals surface area contributed by atoms with Gasteiger partial charge in [0.2, 0.25) is 11.8 Å². The molecule has 5 N–H and O–H groups in total. The van der Waals surface area contributed by atoms with Gasteiger partial charge >= 0.3 is 0 Å². The molecule has 0 aromatic carbocycles. The van der Waals surface area contributed by atoms with Gasteiger partial charge in [0.25, 0.3) is 0 Å². The summed E-state index contributed by atoms with van der Waals surface area (Å²) in [4.78, 5) is 38.2.